The van der Waals surface area contributed by atoms with Gasteiger partial charge in [0.1, 0.15) is 12.2 Å². The maximum atomic E-state index is 13.6. The van der Waals surface area contributed by atoms with Gasteiger partial charge in [0.25, 0.3) is 5.56 Å². The molecular weight excluding hydrogens is 434 g/mol. The zero-order valence-electron chi connectivity index (χ0n) is 20.0. The second-order valence-corrected chi connectivity index (χ2v) is 9.58. The molecule has 0 amide bonds. The topological polar surface area (TPSA) is 92.0 Å². The summed E-state index contributed by atoms with van der Waals surface area (Å²) in [6.07, 6.45) is 2.04. The molecule has 0 aliphatic carbocycles. The van der Waals surface area contributed by atoms with Gasteiger partial charge < -0.3 is 18.9 Å². The molecule has 5 rings (SSSR count). The van der Waals surface area contributed by atoms with Crippen molar-refractivity contribution in [2.24, 2.45) is 5.16 Å². The molecule has 0 unspecified atom stereocenters. The van der Waals surface area contributed by atoms with Crippen molar-refractivity contribution in [3.05, 3.63) is 62.9 Å². The third kappa shape index (κ3) is 3.24. The van der Waals surface area contributed by atoms with Gasteiger partial charge in [-0.25, -0.2) is 9.78 Å². The van der Waals surface area contributed by atoms with Crippen molar-refractivity contribution < 1.29 is 19.1 Å². The van der Waals surface area contributed by atoms with Gasteiger partial charge in [0.2, 0.25) is 0 Å². The first-order chi connectivity index (χ1) is 16.2. The Morgan fingerprint density at radius 3 is 2.71 bits per heavy atom. The second kappa shape index (κ2) is 7.77. The number of methoxy groups -OCH3 is 1. The van der Waals surface area contributed by atoms with Crippen LogP contribution in [0.3, 0.4) is 0 Å². The number of benzene rings is 1. The molecule has 0 bridgehead atoms. The van der Waals surface area contributed by atoms with E-state index in [1.54, 1.807) is 10.8 Å². The largest absolute Gasteiger partial charge is 0.458 e. The summed E-state index contributed by atoms with van der Waals surface area (Å²) >= 11 is 0. The Hall–Kier alpha value is -3.52. The highest BCUT2D eigenvalue weighted by Crippen LogP contribution is 2.41. The number of cyclic esters (lactones) is 1. The fourth-order valence-corrected chi connectivity index (χ4v) is 4.77. The first-order valence-electron chi connectivity index (χ1n) is 11.3. The van der Waals surface area contributed by atoms with Crippen LogP contribution in [0.5, 0.6) is 0 Å². The van der Waals surface area contributed by atoms with Crippen molar-refractivity contribution in [3.63, 3.8) is 0 Å². The number of ether oxygens (including phenoxy) is 2. The van der Waals surface area contributed by atoms with Gasteiger partial charge in [-0.1, -0.05) is 30.3 Å². The Morgan fingerprint density at radius 1 is 1.24 bits per heavy atom. The number of aromatic nitrogens is 2. The Morgan fingerprint density at radius 2 is 2.00 bits per heavy atom. The number of rotatable bonds is 4. The highest BCUT2D eigenvalue weighted by molar-refractivity contribution is 6.02. The first kappa shape index (κ1) is 22.3. The number of oxime groups is 1. The number of fused-ring (bicyclic) bond motifs is 5. The van der Waals surface area contributed by atoms with Crippen molar-refractivity contribution in [1.29, 1.82) is 0 Å². The molecule has 3 aromatic rings. The monoisotopic (exact) mass is 461 g/mol. The van der Waals surface area contributed by atoms with Crippen LogP contribution in [0.25, 0.3) is 22.3 Å². The van der Waals surface area contributed by atoms with Gasteiger partial charge in [0.15, 0.2) is 5.60 Å². The maximum Gasteiger partial charge on any atom is 0.343 e. The molecule has 0 N–H and O–H groups in total. The van der Waals surface area contributed by atoms with E-state index in [1.165, 1.54) is 7.11 Å². The van der Waals surface area contributed by atoms with Gasteiger partial charge >= 0.3 is 5.97 Å². The van der Waals surface area contributed by atoms with Crippen LogP contribution in [0.4, 0.5) is 0 Å². The molecule has 1 aromatic carbocycles. The van der Waals surface area contributed by atoms with Crippen molar-refractivity contribution in [2.45, 2.75) is 58.5 Å². The van der Waals surface area contributed by atoms with Gasteiger partial charge in [0.05, 0.1) is 35.2 Å². The number of carbonyl (C=O) groups excluding carboxylic acids is 1. The minimum atomic E-state index is -1.31. The van der Waals surface area contributed by atoms with Gasteiger partial charge in [-0.2, -0.15) is 0 Å². The summed E-state index contributed by atoms with van der Waals surface area (Å²) < 4.78 is 12.7. The third-order valence-electron chi connectivity index (χ3n) is 6.46. The zero-order valence-corrected chi connectivity index (χ0v) is 20.0. The van der Waals surface area contributed by atoms with Crippen molar-refractivity contribution in [1.82, 2.24) is 9.55 Å². The predicted molar refractivity (Wildman–Crippen MR) is 128 cm³/mol. The molecule has 2 aliphatic heterocycles. The van der Waals surface area contributed by atoms with Crippen LogP contribution in [-0.4, -0.2) is 34.4 Å². The number of hydrogen-bond acceptors (Lipinski definition) is 7. The summed E-state index contributed by atoms with van der Waals surface area (Å²) in [6.45, 7) is 7.90. The summed E-state index contributed by atoms with van der Waals surface area (Å²) in [5.41, 5.74) is 2.91. The number of nitrogens with zero attached hydrogens (tertiary/aromatic N) is 3. The normalized spacial score (nSPS) is 19.1. The van der Waals surface area contributed by atoms with Crippen molar-refractivity contribution in [2.75, 3.05) is 7.11 Å². The van der Waals surface area contributed by atoms with Crippen LogP contribution in [0, 0.1) is 0 Å². The smallest absolute Gasteiger partial charge is 0.343 e. The highest BCUT2D eigenvalue weighted by Gasteiger charge is 2.47. The average molecular weight is 462 g/mol. The molecule has 2 aliphatic rings. The quantitative estimate of drug-likeness (QED) is 0.260. The molecule has 0 saturated carbocycles. The van der Waals surface area contributed by atoms with Crippen molar-refractivity contribution >= 4 is 23.1 Å². The predicted octanol–water partition coefficient (Wildman–Crippen LogP) is 3.88. The van der Waals surface area contributed by atoms with E-state index < -0.39 is 17.2 Å². The van der Waals surface area contributed by atoms with Crippen LogP contribution in [0.1, 0.15) is 56.4 Å². The van der Waals surface area contributed by atoms with E-state index in [2.05, 4.69) is 5.16 Å². The van der Waals surface area contributed by atoms with Gasteiger partial charge in [-0.15, -0.1) is 0 Å². The Kier molecular flexibility index (Phi) is 5.09. The molecule has 0 fully saturated rings. The lowest BCUT2D eigenvalue weighted by Crippen LogP contribution is -2.45. The minimum absolute atomic E-state index is 0.0716. The average Bonchev–Trinajstić information content (AvgIpc) is 3.17. The standard InChI is InChI=1S/C26H27N3O5/c1-6-26(32-5)19-11-21-22-17(13-29(21)23(30)18(19)14-33-24(26)31)16(12-27-34-25(2,3)4)15-9-7-8-10-20(15)28-22/h7-12H,6,13-14H2,1-5H3/b27-12+/t26-/m0/s1. The Balaban J connectivity index is 1.76. The van der Waals surface area contributed by atoms with E-state index >= 15 is 0 Å². The third-order valence-corrected chi connectivity index (χ3v) is 6.46. The Bertz CT molecular complexity index is 1410. The fourth-order valence-electron chi connectivity index (χ4n) is 4.77. The molecule has 176 valence electrons. The summed E-state index contributed by atoms with van der Waals surface area (Å²) in [6, 6.07) is 9.65. The van der Waals surface area contributed by atoms with E-state index in [-0.39, 0.29) is 12.2 Å². The van der Waals surface area contributed by atoms with Crippen molar-refractivity contribution in [3.8, 4) is 11.4 Å². The van der Waals surface area contributed by atoms with E-state index in [1.807, 2.05) is 58.0 Å². The van der Waals surface area contributed by atoms with Gasteiger partial charge in [-0.3, -0.25) is 4.79 Å². The van der Waals surface area contributed by atoms with Gasteiger partial charge in [-0.05, 0) is 39.3 Å². The molecule has 0 saturated heterocycles. The fraction of sp³-hybridized carbons (Fsp3) is 0.385. The highest BCUT2D eigenvalue weighted by atomic mass is 16.6. The SMILES string of the molecule is CC[C@@]1(OC)C(=O)OCc2c1cc1n(c2=O)Cc2c-1nc1ccccc1c2/C=N/OC(C)(C)C. The second-order valence-electron chi connectivity index (χ2n) is 9.58. The lowest BCUT2D eigenvalue weighted by molar-refractivity contribution is -0.176. The van der Waals surface area contributed by atoms with Gasteiger partial charge in [0, 0.05) is 29.2 Å². The molecule has 0 radical (unpaired) electrons. The zero-order chi connectivity index (χ0) is 24.3. The molecule has 8 nitrogen and oxygen atoms in total. The van der Waals surface area contributed by atoms with Crippen LogP contribution < -0.4 is 5.56 Å². The van der Waals surface area contributed by atoms with E-state index in [0.717, 1.165) is 22.0 Å². The summed E-state index contributed by atoms with van der Waals surface area (Å²) in [7, 11) is 1.47. The summed E-state index contributed by atoms with van der Waals surface area (Å²) in [5.74, 6) is -0.480. The van der Waals surface area contributed by atoms with E-state index in [9.17, 15) is 9.59 Å². The maximum absolute atomic E-state index is 13.6. The van der Waals surface area contributed by atoms with Crippen LogP contribution >= 0.6 is 0 Å². The molecule has 4 heterocycles. The minimum Gasteiger partial charge on any atom is -0.458 e. The molecular formula is C26H27N3O5. The lowest BCUT2D eigenvalue weighted by Gasteiger charge is -2.34. The van der Waals surface area contributed by atoms with E-state index in [0.29, 0.717) is 35.5 Å². The number of hydrogen-bond donors (Lipinski definition) is 0. The molecule has 2 aromatic heterocycles. The molecule has 1 atom stereocenters. The number of esters is 1. The molecule has 8 heteroatoms. The number of pyridine rings is 2. The number of carbonyl (C=O) groups is 1. The molecule has 0 spiro atoms. The van der Waals surface area contributed by atoms with E-state index in [4.69, 9.17) is 19.3 Å². The Labute approximate surface area is 197 Å². The summed E-state index contributed by atoms with van der Waals surface area (Å²) in [4.78, 5) is 36.8. The van der Waals surface area contributed by atoms with Crippen LogP contribution in [0.15, 0.2) is 40.3 Å². The molecule has 34 heavy (non-hydrogen) atoms. The lowest BCUT2D eigenvalue weighted by atomic mass is 9.85. The first-order valence-corrected chi connectivity index (χ1v) is 11.3. The summed E-state index contributed by atoms with van der Waals surface area (Å²) in [5, 5.41) is 5.16. The number of para-hydroxylation sites is 1. The van der Waals surface area contributed by atoms with Crippen LogP contribution in [0.2, 0.25) is 0 Å². The van der Waals surface area contributed by atoms with Crippen LogP contribution in [-0.2, 0) is 37.9 Å².